The molecule has 0 atom stereocenters. The molecule has 1 fully saturated rings. The van der Waals surface area contributed by atoms with Crippen LogP contribution in [0.15, 0.2) is 18.2 Å². The predicted octanol–water partition coefficient (Wildman–Crippen LogP) is 2.49. The highest BCUT2D eigenvalue weighted by Crippen LogP contribution is 2.31. The Bertz CT molecular complexity index is 512. The molecule has 0 aliphatic heterocycles. The normalized spacial score (nSPS) is 16.7. The first-order chi connectivity index (χ1) is 9.33. The minimum Gasteiger partial charge on any atom is -0.370 e. The van der Waals surface area contributed by atoms with Gasteiger partial charge in [-0.25, -0.2) is 4.39 Å². The van der Waals surface area contributed by atoms with Crippen LogP contribution in [-0.4, -0.2) is 24.5 Å². The number of amides is 1. The quantitative estimate of drug-likeness (QED) is 0.890. The van der Waals surface area contributed by atoms with Gasteiger partial charge in [-0.3, -0.25) is 4.79 Å². The molecule has 0 bridgehead atoms. The van der Waals surface area contributed by atoms with E-state index >= 15 is 0 Å². The maximum absolute atomic E-state index is 14.1. The van der Waals surface area contributed by atoms with Crippen molar-refractivity contribution in [2.45, 2.75) is 44.7 Å². The number of hydrogen-bond acceptors (Lipinski definition) is 3. The van der Waals surface area contributed by atoms with Crippen molar-refractivity contribution in [2.75, 3.05) is 17.3 Å². The highest BCUT2D eigenvalue weighted by atomic mass is 19.1. The molecular formula is C15H22FN3O. The van der Waals surface area contributed by atoms with Crippen molar-refractivity contribution in [3.8, 4) is 0 Å². The van der Waals surface area contributed by atoms with E-state index in [0.717, 1.165) is 6.42 Å². The summed E-state index contributed by atoms with van der Waals surface area (Å²) in [6, 6.07) is 4.92. The number of carbonyl (C=O) groups is 1. The molecule has 110 valence electrons. The summed E-state index contributed by atoms with van der Waals surface area (Å²) in [6.45, 7) is 3.98. The lowest BCUT2D eigenvalue weighted by molar-refractivity contribution is -0.123. The van der Waals surface area contributed by atoms with Crippen molar-refractivity contribution in [1.82, 2.24) is 0 Å². The van der Waals surface area contributed by atoms with Crippen LogP contribution in [-0.2, 0) is 4.79 Å². The third kappa shape index (κ3) is 2.77. The molecule has 1 aliphatic rings. The molecule has 1 amide bonds. The number of hydrogen-bond donors (Lipinski definition) is 2. The van der Waals surface area contributed by atoms with Gasteiger partial charge >= 0.3 is 0 Å². The van der Waals surface area contributed by atoms with Crippen molar-refractivity contribution in [3.05, 3.63) is 24.0 Å². The molecule has 0 heterocycles. The Hall–Kier alpha value is -1.62. The monoisotopic (exact) mass is 279 g/mol. The van der Waals surface area contributed by atoms with Gasteiger partial charge in [0.1, 0.15) is 5.82 Å². The Labute approximate surface area is 119 Å². The number of benzene rings is 1. The first kappa shape index (κ1) is 14.8. The van der Waals surface area contributed by atoms with Crippen LogP contribution in [0, 0.1) is 5.82 Å². The van der Waals surface area contributed by atoms with E-state index in [1.165, 1.54) is 6.07 Å². The zero-order valence-corrected chi connectivity index (χ0v) is 12.2. The fourth-order valence-corrected chi connectivity index (χ4v) is 2.19. The van der Waals surface area contributed by atoms with Crippen molar-refractivity contribution in [1.29, 1.82) is 0 Å². The van der Waals surface area contributed by atoms with Crippen LogP contribution in [0.3, 0.4) is 0 Å². The molecule has 0 unspecified atom stereocenters. The van der Waals surface area contributed by atoms with Crippen LogP contribution in [0.2, 0.25) is 0 Å². The fraction of sp³-hybridized carbons (Fsp3) is 0.533. The maximum Gasteiger partial charge on any atom is 0.244 e. The minimum atomic E-state index is -0.774. The summed E-state index contributed by atoms with van der Waals surface area (Å²) >= 11 is 0. The van der Waals surface area contributed by atoms with Crippen molar-refractivity contribution in [3.63, 3.8) is 0 Å². The first-order valence-electron chi connectivity index (χ1n) is 6.96. The SMILES string of the molecule is CC(C)N(C)c1ccc(NC(=O)C2(N)CCC2)cc1F. The zero-order chi connectivity index (χ0) is 14.9. The van der Waals surface area contributed by atoms with E-state index < -0.39 is 5.54 Å². The highest BCUT2D eigenvalue weighted by Gasteiger charge is 2.40. The van der Waals surface area contributed by atoms with Gasteiger partial charge in [-0.2, -0.15) is 0 Å². The number of nitrogens with zero attached hydrogens (tertiary/aromatic N) is 1. The van der Waals surface area contributed by atoms with E-state index in [0.29, 0.717) is 24.2 Å². The number of carbonyl (C=O) groups excluding carboxylic acids is 1. The molecule has 2 rings (SSSR count). The maximum atomic E-state index is 14.1. The summed E-state index contributed by atoms with van der Waals surface area (Å²) in [5.74, 6) is -0.577. The van der Waals surface area contributed by atoms with E-state index in [4.69, 9.17) is 5.73 Å². The number of nitrogens with two attached hydrogens (primary N) is 1. The van der Waals surface area contributed by atoms with Crippen LogP contribution < -0.4 is 16.0 Å². The Morgan fingerprint density at radius 3 is 2.55 bits per heavy atom. The number of nitrogens with one attached hydrogen (secondary N) is 1. The summed E-state index contributed by atoms with van der Waals surface area (Å²) in [4.78, 5) is 13.8. The number of anilines is 2. The van der Waals surface area contributed by atoms with Crippen LogP contribution in [0.5, 0.6) is 0 Å². The minimum absolute atomic E-state index is 0.201. The molecule has 1 aliphatic carbocycles. The van der Waals surface area contributed by atoms with Gasteiger partial charge in [0, 0.05) is 18.8 Å². The standard InChI is InChI=1S/C15H22FN3O/c1-10(2)19(3)13-6-5-11(9-12(13)16)18-14(20)15(17)7-4-8-15/h5-6,9-10H,4,7-8,17H2,1-3H3,(H,18,20). The Kier molecular flexibility index (Phi) is 3.99. The van der Waals surface area contributed by atoms with Crippen molar-refractivity contribution < 1.29 is 9.18 Å². The van der Waals surface area contributed by atoms with E-state index in [-0.39, 0.29) is 17.8 Å². The zero-order valence-electron chi connectivity index (χ0n) is 12.2. The molecule has 1 aromatic carbocycles. The second kappa shape index (κ2) is 5.40. The summed E-state index contributed by atoms with van der Waals surface area (Å²) < 4.78 is 14.1. The predicted molar refractivity (Wildman–Crippen MR) is 79.3 cm³/mol. The molecule has 1 aromatic rings. The third-order valence-electron chi connectivity index (χ3n) is 4.06. The number of halogens is 1. The summed E-state index contributed by atoms with van der Waals surface area (Å²) in [6.07, 6.45) is 2.35. The third-order valence-corrected chi connectivity index (χ3v) is 4.06. The number of rotatable bonds is 4. The lowest BCUT2D eigenvalue weighted by Crippen LogP contribution is -2.56. The van der Waals surface area contributed by atoms with Gasteiger partial charge in [-0.05, 0) is 51.3 Å². The Morgan fingerprint density at radius 1 is 1.45 bits per heavy atom. The Morgan fingerprint density at radius 2 is 2.10 bits per heavy atom. The lowest BCUT2D eigenvalue weighted by atomic mass is 9.77. The van der Waals surface area contributed by atoms with Crippen LogP contribution in [0.25, 0.3) is 0 Å². The molecule has 0 radical (unpaired) electrons. The van der Waals surface area contributed by atoms with Crippen LogP contribution in [0.1, 0.15) is 33.1 Å². The lowest BCUT2D eigenvalue weighted by Gasteiger charge is -2.36. The first-order valence-corrected chi connectivity index (χ1v) is 6.96. The van der Waals surface area contributed by atoms with Gasteiger partial charge in [-0.15, -0.1) is 0 Å². The van der Waals surface area contributed by atoms with Gasteiger partial charge in [0.05, 0.1) is 11.2 Å². The fourth-order valence-electron chi connectivity index (χ4n) is 2.19. The van der Waals surface area contributed by atoms with E-state index in [1.54, 1.807) is 12.1 Å². The van der Waals surface area contributed by atoms with Crippen molar-refractivity contribution in [2.24, 2.45) is 5.73 Å². The summed E-state index contributed by atoms with van der Waals surface area (Å²) in [5, 5.41) is 2.70. The molecular weight excluding hydrogens is 257 g/mol. The van der Waals surface area contributed by atoms with E-state index in [2.05, 4.69) is 5.32 Å². The second-order valence-corrected chi connectivity index (χ2v) is 5.83. The molecule has 5 heteroatoms. The highest BCUT2D eigenvalue weighted by molar-refractivity contribution is 5.98. The summed E-state index contributed by atoms with van der Waals surface area (Å²) in [7, 11) is 1.84. The average Bonchev–Trinajstić information content (AvgIpc) is 2.35. The molecule has 1 saturated carbocycles. The average molecular weight is 279 g/mol. The second-order valence-electron chi connectivity index (χ2n) is 5.83. The molecule has 0 aromatic heterocycles. The molecule has 0 saturated heterocycles. The largest absolute Gasteiger partial charge is 0.370 e. The summed E-state index contributed by atoms with van der Waals surface area (Å²) in [5.41, 5.74) is 6.13. The van der Waals surface area contributed by atoms with Crippen LogP contribution in [0.4, 0.5) is 15.8 Å². The molecule has 0 spiro atoms. The van der Waals surface area contributed by atoms with Gasteiger partial charge in [0.25, 0.3) is 0 Å². The van der Waals surface area contributed by atoms with Gasteiger partial charge in [0.2, 0.25) is 5.91 Å². The molecule has 20 heavy (non-hydrogen) atoms. The smallest absolute Gasteiger partial charge is 0.244 e. The van der Waals surface area contributed by atoms with Crippen molar-refractivity contribution >= 4 is 17.3 Å². The van der Waals surface area contributed by atoms with Gasteiger partial charge in [-0.1, -0.05) is 0 Å². The van der Waals surface area contributed by atoms with E-state index in [1.807, 2.05) is 25.8 Å². The van der Waals surface area contributed by atoms with Gasteiger partial charge in [0.15, 0.2) is 0 Å². The van der Waals surface area contributed by atoms with Crippen LogP contribution >= 0.6 is 0 Å². The van der Waals surface area contributed by atoms with E-state index in [9.17, 15) is 9.18 Å². The molecule has 4 nitrogen and oxygen atoms in total. The Balaban J connectivity index is 2.11. The molecule has 3 N–H and O–H groups in total. The topological polar surface area (TPSA) is 58.4 Å². The van der Waals surface area contributed by atoms with Gasteiger partial charge < -0.3 is 16.0 Å².